The van der Waals surface area contributed by atoms with Crippen molar-refractivity contribution < 1.29 is 19.1 Å². The number of hydrogen-bond acceptors (Lipinski definition) is 4. The fraction of sp³-hybridized carbons (Fsp3) is 0.300. The molecule has 0 fully saturated rings. The van der Waals surface area contributed by atoms with Crippen LogP contribution >= 0.6 is 0 Å². The number of carbonyl (C=O) groups is 2. The highest BCUT2D eigenvalue weighted by molar-refractivity contribution is 6.06. The summed E-state index contributed by atoms with van der Waals surface area (Å²) in [6.07, 6.45) is 0. The van der Waals surface area contributed by atoms with Crippen molar-refractivity contribution in [2.24, 2.45) is 5.92 Å². The molecule has 1 unspecified atom stereocenters. The summed E-state index contributed by atoms with van der Waals surface area (Å²) in [6.45, 7) is 4.01. The number of hydrogen-bond donors (Lipinski definition) is 2. The minimum Gasteiger partial charge on any atom is -0.497 e. The second kappa shape index (κ2) is 7.07. The Bertz CT molecular complexity index is 839. The van der Waals surface area contributed by atoms with Gasteiger partial charge in [-0.1, -0.05) is 13.8 Å². The Morgan fingerprint density at radius 2 is 1.73 bits per heavy atom. The van der Waals surface area contributed by atoms with Crippen LogP contribution in [0.4, 0.5) is 11.4 Å². The fourth-order valence-corrected chi connectivity index (χ4v) is 3.17. The lowest BCUT2D eigenvalue weighted by Crippen LogP contribution is -2.17. The van der Waals surface area contributed by atoms with Crippen molar-refractivity contribution in [1.29, 1.82) is 0 Å². The highest BCUT2D eigenvalue weighted by Crippen LogP contribution is 2.38. The van der Waals surface area contributed by atoms with E-state index in [0.29, 0.717) is 22.7 Å². The monoisotopic (exact) mass is 354 g/mol. The second-order valence-corrected chi connectivity index (χ2v) is 6.57. The third-order valence-corrected chi connectivity index (χ3v) is 4.47. The number of nitrogens with one attached hydrogen (secondary N) is 2. The van der Waals surface area contributed by atoms with Gasteiger partial charge in [0.1, 0.15) is 11.5 Å². The van der Waals surface area contributed by atoms with Crippen LogP contribution in [0.2, 0.25) is 0 Å². The summed E-state index contributed by atoms with van der Waals surface area (Å²) in [6, 6.07) is 10.4. The smallest absolute Gasteiger partial charge is 0.255 e. The molecule has 6 nitrogen and oxygen atoms in total. The van der Waals surface area contributed by atoms with E-state index in [-0.39, 0.29) is 23.7 Å². The number of anilines is 2. The first-order valence-electron chi connectivity index (χ1n) is 8.42. The van der Waals surface area contributed by atoms with Crippen LogP contribution in [0.25, 0.3) is 0 Å². The average Bonchev–Trinajstić information content (AvgIpc) is 2.96. The topological polar surface area (TPSA) is 76.7 Å². The maximum Gasteiger partial charge on any atom is 0.255 e. The predicted octanol–water partition coefficient (Wildman–Crippen LogP) is 3.65. The molecule has 26 heavy (non-hydrogen) atoms. The van der Waals surface area contributed by atoms with Gasteiger partial charge < -0.3 is 20.1 Å². The molecule has 1 aliphatic rings. The lowest BCUT2D eigenvalue weighted by atomic mass is 9.89. The summed E-state index contributed by atoms with van der Waals surface area (Å²) < 4.78 is 10.4. The van der Waals surface area contributed by atoms with E-state index in [1.54, 1.807) is 24.3 Å². The van der Waals surface area contributed by atoms with Crippen LogP contribution in [0.5, 0.6) is 11.5 Å². The number of amides is 2. The normalized spacial score (nSPS) is 15.4. The number of carbonyl (C=O) groups excluding carboxylic acids is 2. The maximum atomic E-state index is 12.6. The van der Waals surface area contributed by atoms with E-state index in [2.05, 4.69) is 10.6 Å². The molecule has 0 saturated carbocycles. The molecule has 2 aromatic rings. The summed E-state index contributed by atoms with van der Waals surface area (Å²) in [5, 5.41) is 5.76. The van der Waals surface area contributed by atoms with E-state index in [4.69, 9.17) is 9.47 Å². The van der Waals surface area contributed by atoms with E-state index in [9.17, 15) is 9.59 Å². The second-order valence-electron chi connectivity index (χ2n) is 6.57. The van der Waals surface area contributed by atoms with Crippen molar-refractivity contribution >= 4 is 23.2 Å². The SMILES string of the molecule is COc1cc(OC)cc(C(=O)Nc2ccc3c(c2)C(C(C)C)C(=O)N3)c1. The van der Waals surface area contributed by atoms with Gasteiger partial charge in [-0.15, -0.1) is 0 Å². The van der Waals surface area contributed by atoms with E-state index >= 15 is 0 Å². The average molecular weight is 354 g/mol. The molecule has 1 aliphatic heterocycles. The van der Waals surface area contributed by atoms with Crippen LogP contribution < -0.4 is 20.1 Å². The molecule has 0 spiro atoms. The summed E-state index contributed by atoms with van der Waals surface area (Å²) in [5.74, 6) is 0.761. The third-order valence-electron chi connectivity index (χ3n) is 4.47. The molecule has 1 heterocycles. The van der Waals surface area contributed by atoms with Gasteiger partial charge >= 0.3 is 0 Å². The zero-order valence-corrected chi connectivity index (χ0v) is 15.3. The quantitative estimate of drug-likeness (QED) is 0.859. The van der Waals surface area contributed by atoms with Crippen molar-refractivity contribution in [1.82, 2.24) is 0 Å². The molecule has 0 saturated heterocycles. The Kier molecular flexibility index (Phi) is 4.84. The van der Waals surface area contributed by atoms with Gasteiger partial charge in [-0.2, -0.15) is 0 Å². The van der Waals surface area contributed by atoms with Gasteiger partial charge in [0.2, 0.25) is 5.91 Å². The van der Waals surface area contributed by atoms with Gasteiger partial charge in [-0.25, -0.2) is 0 Å². The molecule has 6 heteroatoms. The van der Waals surface area contributed by atoms with Crippen molar-refractivity contribution in [3.05, 3.63) is 47.5 Å². The van der Waals surface area contributed by atoms with Crippen LogP contribution in [0, 0.1) is 5.92 Å². The van der Waals surface area contributed by atoms with E-state index in [0.717, 1.165) is 11.3 Å². The molecular formula is C20H22N2O4. The predicted molar refractivity (Wildman–Crippen MR) is 100 cm³/mol. The third kappa shape index (κ3) is 3.35. The van der Waals surface area contributed by atoms with E-state index in [1.165, 1.54) is 14.2 Å². The molecule has 3 rings (SSSR count). The molecular weight excluding hydrogens is 332 g/mol. The van der Waals surface area contributed by atoms with Gasteiger partial charge in [0.25, 0.3) is 5.91 Å². The first-order valence-corrected chi connectivity index (χ1v) is 8.42. The van der Waals surface area contributed by atoms with Crippen LogP contribution in [0.1, 0.15) is 35.7 Å². The summed E-state index contributed by atoms with van der Waals surface area (Å²) in [4.78, 5) is 24.8. The van der Waals surface area contributed by atoms with Crippen LogP contribution in [-0.4, -0.2) is 26.0 Å². The highest BCUT2D eigenvalue weighted by Gasteiger charge is 2.33. The zero-order chi connectivity index (χ0) is 18.8. The summed E-state index contributed by atoms with van der Waals surface area (Å²) in [7, 11) is 3.07. The zero-order valence-electron chi connectivity index (χ0n) is 15.3. The summed E-state index contributed by atoms with van der Waals surface area (Å²) >= 11 is 0. The largest absolute Gasteiger partial charge is 0.497 e. The molecule has 2 aromatic carbocycles. The molecule has 0 aliphatic carbocycles. The Morgan fingerprint density at radius 3 is 2.31 bits per heavy atom. The van der Waals surface area contributed by atoms with Crippen molar-refractivity contribution in [2.45, 2.75) is 19.8 Å². The minimum atomic E-state index is -0.277. The van der Waals surface area contributed by atoms with E-state index < -0.39 is 0 Å². The van der Waals surface area contributed by atoms with Crippen LogP contribution in [0.15, 0.2) is 36.4 Å². The highest BCUT2D eigenvalue weighted by atomic mass is 16.5. The molecule has 2 N–H and O–H groups in total. The lowest BCUT2D eigenvalue weighted by molar-refractivity contribution is -0.117. The molecule has 1 atom stereocenters. The van der Waals surface area contributed by atoms with E-state index in [1.807, 2.05) is 26.0 Å². The number of methoxy groups -OCH3 is 2. The van der Waals surface area contributed by atoms with Crippen LogP contribution in [-0.2, 0) is 4.79 Å². The van der Waals surface area contributed by atoms with Gasteiger partial charge in [0, 0.05) is 23.0 Å². The van der Waals surface area contributed by atoms with Crippen molar-refractivity contribution in [3.63, 3.8) is 0 Å². The number of rotatable bonds is 5. The molecule has 0 radical (unpaired) electrons. The number of benzene rings is 2. The van der Waals surface area contributed by atoms with Crippen molar-refractivity contribution in [2.75, 3.05) is 24.9 Å². The lowest BCUT2D eigenvalue weighted by Gasteiger charge is -2.14. The number of ether oxygens (including phenoxy) is 2. The Hall–Kier alpha value is -3.02. The molecule has 2 amide bonds. The van der Waals surface area contributed by atoms with Gasteiger partial charge in [-0.3, -0.25) is 9.59 Å². The Labute approximate surface area is 152 Å². The van der Waals surface area contributed by atoms with Gasteiger partial charge in [0.05, 0.1) is 20.1 Å². The molecule has 0 bridgehead atoms. The first-order chi connectivity index (χ1) is 12.4. The fourth-order valence-electron chi connectivity index (χ4n) is 3.17. The Morgan fingerprint density at radius 1 is 1.08 bits per heavy atom. The molecule has 0 aromatic heterocycles. The van der Waals surface area contributed by atoms with Crippen molar-refractivity contribution in [3.8, 4) is 11.5 Å². The first kappa shape index (κ1) is 17.8. The summed E-state index contributed by atoms with van der Waals surface area (Å²) in [5.41, 5.74) is 2.77. The van der Waals surface area contributed by atoms with Crippen LogP contribution in [0.3, 0.4) is 0 Å². The number of fused-ring (bicyclic) bond motifs is 1. The van der Waals surface area contributed by atoms with Gasteiger partial charge in [-0.05, 0) is 41.8 Å². The standard InChI is InChI=1S/C20H22N2O4/c1-11(2)18-16-9-13(5-6-17(16)22-20(18)24)21-19(23)12-7-14(25-3)10-15(8-12)26-4/h5-11,18H,1-4H3,(H,21,23)(H,22,24). The molecule has 136 valence electrons. The Balaban J connectivity index is 1.86. The maximum absolute atomic E-state index is 12.6. The minimum absolute atomic E-state index is 0.00370. The van der Waals surface area contributed by atoms with Gasteiger partial charge in [0.15, 0.2) is 0 Å².